The number of aromatic nitrogens is 1. The summed E-state index contributed by atoms with van der Waals surface area (Å²) < 4.78 is 11.2. The van der Waals surface area contributed by atoms with Gasteiger partial charge in [-0.25, -0.2) is 0 Å². The van der Waals surface area contributed by atoms with Gasteiger partial charge in [-0.3, -0.25) is 4.98 Å². The highest BCUT2D eigenvalue weighted by atomic mass is 16.5. The van der Waals surface area contributed by atoms with Crippen molar-refractivity contribution in [3.8, 4) is 5.75 Å². The van der Waals surface area contributed by atoms with Crippen LogP contribution in [0.1, 0.15) is 44.8 Å². The molecule has 1 aliphatic heterocycles. The first-order chi connectivity index (χ1) is 9.83. The lowest BCUT2D eigenvalue weighted by Crippen LogP contribution is -2.22. The van der Waals surface area contributed by atoms with E-state index in [9.17, 15) is 0 Å². The van der Waals surface area contributed by atoms with Crippen LogP contribution in [0.4, 0.5) is 0 Å². The Balaban J connectivity index is 1.84. The maximum atomic E-state index is 5.84. The average molecular weight is 278 g/mol. The van der Waals surface area contributed by atoms with Crippen LogP contribution in [0.3, 0.4) is 0 Å². The van der Waals surface area contributed by atoms with Gasteiger partial charge in [-0.2, -0.15) is 0 Å². The van der Waals surface area contributed by atoms with Crippen LogP contribution in [-0.2, 0) is 4.74 Å². The predicted molar refractivity (Wildman–Crippen MR) is 80.0 cm³/mol. The molecular weight excluding hydrogens is 252 g/mol. The fraction of sp³-hybridized carbons (Fsp3) is 0.688. The summed E-state index contributed by atoms with van der Waals surface area (Å²) in [5.41, 5.74) is 1.09. The van der Waals surface area contributed by atoms with Crippen LogP contribution in [0.2, 0.25) is 0 Å². The molecule has 0 amide bonds. The highest BCUT2D eigenvalue weighted by Crippen LogP contribution is 2.19. The van der Waals surface area contributed by atoms with Crippen LogP contribution in [0.25, 0.3) is 0 Å². The molecule has 0 aromatic carbocycles. The summed E-state index contributed by atoms with van der Waals surface area (Å²) in [7, 11) is 0. The van der Waals surface area contributed by atoms with E-state index in [0.29, 0.717) is 12.0 Å². The normalized spacial score (nSPS) is 17.9. The summed E-state index contributed by atoms with van der Waals surface area (Å²) >= 11 is 0. The molecule has 1 aromatic heterocycles. The Bertz CT molecular complexity index is 375. The molecule has 4 heteroatoms. The van der Waals surface area contributed by atoms with Crippen LogP contribution in [-0.4, -0.2) is 31.3 Å². The van der Waals surface area contributed by atoms with Gasteiger partial charge in [0.1, 0.15) is 5.75 Å². The molecule has 112 valence electrons. The van der Waals surface area contributed by atoms with Gasteiger partial charge in [0.15, 0.2) is 0 Å². The Morgan fingerprint density at radius 2 is 2.15 bits per heavy atom. The lowest BCUT2D eigenvalue weighted by atomic mass is 10.0. The quantitative estimate of drug-likeness (QED) is 0.833. The Hall–Kier alpha value is -1.13. The van der Waals surface area contributed by atoms with Gasteiger partial charge in [0, 0.05) is 19.3 Å². The third-order valence-corrected chi connectivity index (χ3v) is 3.80. The van der Waals surface area contributed by atoms with E-state index in [4.69, 9.17) is 9.47 Å². The summed E-state index contributed by atoms with van der Waals surface area (Å²) in [6, 6.07) is 4.43. The highest BCUT2D eigenvalue weighted by Gasteiger charge is 2.14. The van der Waals surface area contributed by atoms with E-state index >= 15 is 0 Å². The van der Waals surface area contributed by atoms with Crippen molar-refractivity contribution in [3.05, 3.63) is 24.0 Å². The fourth-order valence-electron chi connectivity index (χ4n) is 2.51. The molecule has 1 unspecified atom stereocenters. The number of rotatable bonds is 7. The molecule has 4 nitrogen and oxygen atoms in total. The molecule has 20 heavy (non-hydrogen) atoms. The minimum atomic E-state index is 0.338. The van der Waals surface area contributed by atoms with Gasteiger partial charge in [0.05, 0.1) is 18.5 Å². The van der Waals surface area contributed by atoms with Gasteiger partial charge in [0.2, 0.25) is 0 Å². The molecule has 1 saturated heterocycles. The number of pyridine rings is 1. The molecule has 1 atom stereocenters. The Morgan fingerprint density at radius 1 is 1.35 bits per heavy atom. The van der Waals surface area contributed by atoms with E-state index in [1.165, 1.54) is 0 Å². The summed E-state index contributed by atoms with van der Waals surface area (Å²) in [4.78, 5) is 4.52. The first-order valence-electron chi connectivity index (χ1n) is 7.73. The Morgan fingerprint density at radius 3 is 2.75 bits per heavy atom. The summed E-state index contributed by atoms with van der Waals surface area (Å²) in [6.45, 7) is 7.76. The van der Waals surface area contributed by atoms with Gasteiger partial charge < -0.3 is 14.8 Å². The van der Waals surface area contributed by atoms with Crippen LogP contribution >= 0.6 is 0 Å². The fourth-order valence-corrected chi connectivity index (χ4v) is 2.51. The first-order valence-corrected chi connectivity index (χ1v) is 7.73. The minimum absolute atomic E-state index is 0.338. The van der Waals surface area contributed by atoms with Crippen molar-refractivity contribution in [3.63, 3.8) is 0 Å². The molecule has 1 aliphatic rings. The SMILES string of the molecule is CCNC(CC)c1ccc(OCC2CCOCC2)cn1. The molecule has 2 rings (SSSR count). The smallest absolute Gasteiger partial charge is 0.137 e. The van der Waals surface area contributed by atoms with Gasteiger partial charge in [0.25, 0.3) is 0 Å². The van der Waals surface area contributed by atoms with Crippen LogP contribution < -0.4 is 10.1 Å². The number of hydrogen-bond acceptors (Lipinski definition) is 4. The molecule has 1 N–H and O–H groups in total. The zero-order valence-corrected chi connectivity index (χ0v) is 12.6. The van der Waals surface area contributed by atoms with Crippen molar-refractivity contribution in [1.82, 2.24) is 10.3 Å². The van der Waals surface area contributed by atoms with Gasteiger partial charge in [-0.1, -0.05) is 13.8 Å². The summed E-state index contributed by atoms with van der Waals surface area (Å²) in [5.74, 6) is 1.49. The number of hydrogen-bond donors (Lipinski definition) is 1. The molecule has 2 heterocycles. The second-order valence-electron chi connectivity index (χ2n) is 5.30. The average Bonchev–Trinajstić information content (AvgIpc) is 2.52. The van der Waals surface area contributed by atoms with Crippen LogP contribution in [0, 0.1) is 5.92 Å². The molecule has 1 fully saturated rings. The number of nitrogens with one attached hydrogen (secondary N) is 1. The minimum Gasteiger partial charge on any atom is -0.492 e. The Labute approximate surface area is 121 Å². The Kier molecular flexibility index (Phi) is 6.27. The van der Waals surface area contributed by atoms with Crippen molar-refractivity contribution >= 4 is 0 Å². The van der Waals surface area contributed by atoms with Gasteiger partial charge in [-0.15, -0.1) is 0 Å². The van der Waals surface area contributed by atoms with Crippen molar-refractivity contribution in [2.24, 2.45) is 5.92 Å². The third-order valence-electron chi connectivity index (χ3n) is 3.80. The van der Waals surface area contributed by atoms with Crippen molar-refractivity contribution in [2.75, 3.05) is 26.4 Å². The first kappa shape index (κ1) is 15.3. The summed E-state index contributed by atoms with van der Waals surface area (Å²) in [6.07, 6.45) is 5.09. The maximum absolute atomic E-state index is 5.84. The lowest BCUT2D eigenvalue weighted by Gasteiger charge is -2.22. The van der Waals surface area contributed by atoms with E-state index in [-0.39, 0.29) is 0 Å². The molecule has 0 radical (unpaired) electrons. The van der Waals surface area contributed by atoms with E-state index in [1.54, 1.807) is 0 Å². The van der Waals surface area contributed by atoms with Gasteiger partial charge in [-0.05, 0) is 43.9 Å². The van der Waals surface area contributed by atoms with Crippen LogP contribution in [0.5, 0.6) is 5.75 Å². The standard InChI is InChI=1S/C16H26N2O2/c1-3-15(17-4-2)16-6-5-14(11-18-16)20-12-13-7-9-19-10-8-13/h5-6,11,13,15,17H,3-4,7-10,12H2,1-2H3. The highest BCUT2D eigenvalue weighted by molar-refractivity contribution is 5.21. The lowest BCUT2D eigenvalue weighted by molar-refractivity contribution is 0.0497. The number of nitrogens with zero attached hydrogens (tertiary/aromatic N) is 1. The van der Waals surface area contributed by atoms with Gasteiger partial charge >= 0.3 is 0 Å². The predicted octanol–water partition coefficient (Wildman–Crippen LogP) is 2.95. The van der Waals surface area contributed by atoms with Crippen LogP contribution in [0.15, 0.2) is 18.3 Å². The second-order valence-corrected chi connectivity index (χ2v) is 5.30. The molecular formula is C16H26N2O2. The largest absolute Gasteiger partial charge is 0.492 e. The zero-order valence-electron chi connectivity index (χ0n) is 12.6. The van der Waals surface area contributed by atoms with E-state index in [2.05, 4.69) is 30.2 Å². The second kappa shape index (κ2) is 8.22. The molecule has 0 aliphatic carbocycles. The number of ether oxygens (including phenoxy) is 2. The molecule has 0 bridgehead atoms. The zero-order chi connectivity index (χ0) is 14.2. The van der Waals surface area contributed by atoms with Crippen molar-refractivity contribution in [2.45, 2.75) is 39.2 Å². The monoisotopic (exact) mass is 278 g/mol. The maximum Gasteiger partial charge on any atom is 0.137 e. The topological polar surface area (TPSA) is 43.4 Å². The molecule has 0 saturated carbocycles. The van der Waals surface area contributed by atoms with E-state index in [0.717, 1.165) is 57.1 Å². The van der Waals surface area contributed by atoms with E-state index in [1.807, 2.05) is 12.3 Å². The molecule has 0 spiro atoms. The molecule has 1 aromatic rings. The van der Waals surface area contributed by atoms with Crippen molar-refractivity contribution < 1.29 is 9.47 Å². The van der Waals surface area contributed by atoms with Crippen molar-refractivity contribution in [1.29, 1.82) is 0 Å². The third kappa shape index (κ3) is 4.46. The summed E-state index contributed by atoms with van der Waals surface area (Å²) in [5, 5.41) is 3.43. The van der Waals surface area contributed by atoms with E-state index < -0.39 is 0 Å².